The molecular formula is C12H25NO3S. The van der Waals surface area contributed by atoms with Crippen molar-refractivity contribution in [3.05, 3.63) is 0 Å². The Morgan fingerprint density at radius 1 is 1.35 bits per heavy atom. The first-order valence-corrected chi connectivity index (χ1v) is 7.91. The van der Waals surface area contributed by atoms with Crippen LogP contribution in [0.5, 0.6) is 0 Å². The highest BCUT2D eigenvalue weighted by molar-refractivity contribution is 7.92. The van der Waals surface area contributed by atoms with E-state index in [4.69, 9.17) is 0 Å². The average molecular weight is 263 g/mol. The van der Waals surface area contributed by atoms with Crippen LogP contribution in [0.25, 0.3) is 0 Å². The van der Waals surface area contributed by atoms with Gasteiger partial charge in [0.05, 0.1) is 17.1 Å². The molecule has 0 saturated carbocycles. The molecule has 0 aromatic heterocycles. The second-order valence-electron chi connectivity index (χ2n) is 5.98. The third kappa shape index (κ3) is 3.42. The number of aliphatic hydroxyl groups excluding tert-OH is 1. The van der Waals surface area contributed by atoms with Crippen LogP contribution in [-0.4, -0.2) is 54.7 Å². The summed E-state index contributed by atoms with van der Waals surface area (Å²) in [5.41, 5.74) is 0. The lowest BCUT2D eigenvalue weighted by Gasteiger charge is -2.26. The Balaban J connectivity index is 2.58. The highest BCUT2D eigenvalue weighted by Crippen LogP contribution is 2.24. The molecule has 0 aromatic rings. The van der Waals surface area contributed by atoms with Crippen molar-refractivity contribution >= 4 is 9.84 Å². The van der Waals surface area contributed by atoms with Crippen LogP contribution < -0.4 is 0 Å². The molecule has 0 radical (unpaired) electrons. The van der Waals surface area contributed by atoms with Crippen molar-refractivity contribution in [2.45, 2.75) is 44.9 Å². The molecule has 1 saturated heterocycles. The van der Waals surface area contributed by atoms with E-state index in [0.717, 1.165) is 13.0 Å². The molecule has 1 heterocycles. The summed E-state index contributed by atoms with van der Waals surface area (Å²) in [5.74, 6) is 0.636. The zero-order valence-electron chi connectivity index (χ0n) is 11.3. The number of aliphatic hydroxyl groups is 1. The predicted octanol–water partition coefficient (Wildman–Crippen LogP) is 0.902. The number of sulfone groups is 1. The molecule has 0 bridgehead atoms. The molecule has 1 aliphatic rings. The monoisotopic (exact) mass is 263 g/mol. The molecule has 2 atom stereocenters. The van der Waals surface area contributed by atoms with Crippen LogP contribution in [-0.2, 0) is 9.84 Å². The van der Waals surface area contributed by atoms with Gasteiger partial charge in [0.25, 0.3) is 0 Å². The van der Waals surface area contributed by atoms with Crippen molar-refractivity contribution in [1.29, 1.82) is 0 Å². The van der Waals surface area contributed by atoms with E-state index in [9.17, 15) is 13.5 Å². The van der Waals surface area contributed by atoms with Gasteiger partial charge in [0.1, 0.15) is 0 Å². The van der Waals surface area contributed by atoms with E-state index in [1.165, 1.54) is 0 Å². The van der Waals surface area contributed by atoms with E-state index in [-0.39, 0.29) is 18.4 Å². The van der Waals surface area contributed by atoms with Crippen molar-refractivity contribution in [2.75, 3.05) is 25.4 Å². The van der Waals surface area contributed by atoms with Gasteiger partial charge in [-0.05, 0) is 39.7 Å². The third-order valence-electron chi connectivity index (χ3n) is 3.76. The first kappa shape index (κ1) is 14.9. The lowest BCUT2D eigenvalue weighted by molar-refractivity contribution is 0.144. The van der Waals surface area contributed by atoms with Crippen molar-refractivity contribution < 1.29 is 13.5 Å². The van der Waals surface area contributed by atoms with E-state index in [1.807, 2.05) is 0 Å². The van der Waals surface area contributed by atoms with Gasteiger partial charge < -0.3 is 5.11 Å². The maximum Gasteiger partial charge on any atom is 0.156 e. The minimum absolute atomic E-state index is 0.122. The minimum atomic E-state index is -3.06. The third-order valence-corrected chi connectivity index (χ3v) is 6.35. The highest BCUT2D eigenvalue weighted by Gasteiger charge is 2.33. The van der Waals surface area contributed by atoms with Crippen LogP contribution in [0.15, 0.2) is 0 Å². The molecule has 1 rings (SSSR count). The Hall–Kier alpha value is -0.130. The zero-order valence-corrected chi connectivity index (χ0v) is 12.1. The molecule has 1 N–H and O–H groups in total. The highest BCUT2D eigenvalue weighted by atomic mass is 32.2. The smallest absolute Gasteiger partial charge is 0.156 e. The molecule has 0 amide bonds. The van der Waals surface area contributed by atoms with Gasteiger partial charge in [-0.15, -0.1) is 0 Å². The fourth-order valence-electron chi connectivity index (χ4n) is 2.20. The van der Waals surface area contributed by atoms with Gasteiger partial charge in [-0.2, -0.15) is 0 Å². The van der Waals surface area contributed by atoms with Gasteiger partial charge in [-0.3, -0.25) is 4.90 Å². The lowest BCUT2D eigenvalue weighted by Crippen LogP contribution is -2.41. The largest absolute Gasteiger partial charge is 0.395 e. The molecule has 2 unspecified atom stereocenters. The Morgan fingerprint density at radius 2 is 1.94 bits per heavy atom. The van der Waals surface area contributed by atoms with Crippen molar-refractivity contribution in [3.8, 4) is 0 Å². The number of hydrogen-bond acceptors (Lipinski definition) is 4. The van der Waals surface area contributed by atoms with E-state index < -0.39 is 14.6 Å². The minimum Gasteiger partial charge on any atom is -0.395 e. The van der Waals surface area contributed by atoms with Gasteiger partial charge in [0.15, 0.2) is 9.84 Å². The van der Waals surface area contributed by atoms with E-state index in [0.29, 0.717) is 12.5 Å². The molecule has 0 spiro atoms. The Bertz CT molecular complexity index is 345. The summed E-state index contributed by atoms with van der Waals surface area (Å²) in [6.07, 6.45) is 1.04. The summed E-state index contributed by atoms with van der Waals surface area (Å²) in [4.78, 5) is 2.11. The van der Waals surface area contributed by atoms with Crippen molar-refractivity contribution in [2.24, 2.45) is 5.92 Å². The second kappa shape index (κ2) is 5.24. The van der Waals surface area contributed by atoms with Crippen LogP contribution in [0, 0.1) is 5.92 Å². The number of hydrogen-bond donors (Lipinski definition) is 1. The van der Waals surface area contributed by atoms with E-state index in [1.54, 1.807) is 20.8 Å². The lowest BCUT2D eigenvalue weighted by atomic mass is 10.0. The molecular weight excluding hydrogens is 238 g/mol. The first-order valence-electron chi connectivity index (χ1n) is 6.26. The molecule has 0 aliphatic carbocycles. The number of rotatable bonds is 4. The molecule has 1 aliphatic heterocycles. The number of nitrogens with zero attached hydrogens (tertiary/aromatic N) is 1. The average Bonchev–Trinajstić information content (AvgIpc) is 2.54. The van der Waals surface area contributed by atoms with Gasteiger partial charge >= 0.3 is 0 Å². The van der Waals surface area contributed by atoms with E-state index in [2.05, 4.69) is 11.8 Å². The molecule has 102 valence electrons. The Kier molecular flexibility index (Phi) is 4.60. The maximum atomic E-state index is 12.0. The summed E-state index contributed by atoms with van der Waals surface area (Å²) in [7, 11) is -3.06. The van der Waals surface area contributed by atoms with Gasteiger partial charge in [-0.1, -0.05) is 6.92 Å². The zero-order chi connectivity index (χ0) is 13.3. The number of likely N-dealkylation sites (tertiary alicyclic amines) is 1. The molecule has 5 heteroatoms. The summed E-state index contributed by atoms with van der Waals surface area (Å²) < 4.78 is 23.3. The fourth-order valence-corrected chi connectivity index (χ4v) is 3.29. The van der Waals surface area contributed by atoms with Crippen LogP contribution >= 0.6 is 0 Å². The van der Waals surface area contributed by atoms with Gasteiger partial charge in [-0.25, -0.2) is 8.42 Å². The summed E-state index contributed by atoms with van der Waals surface area (Å²) in [6.45, 7) is 8.87. The summed E-state index contributed by atoms with van der Waals surface area (Å²) >= 11 is 0. The van der Waals surface area contributed by atoms with Crippen LogP contribution in [0.2, 0.25) is 0 Å². The van der Waals surface area contributed by atoms with Gasteiger partial charge in [0.2, 0.25) is 0 Å². The molecule has 4 nitrogen and oxygen atoms in total. The predicted molar refractivity (Wildman–Crippen MR) is 69.8 cm³/mol. The SMILES string of the molecule is CC1CCN(CCS(=O)(=O)C(C)(C)C)C1CO. The Labute approximate surface area is 105 Å². The van der Waals surface area contributed by atoms with Crippen LogP contribution in [0.4, 0.5) is 0 Å². The molecule has 0 aromatic carbocycles. The Morgan fingerprint density at radius 3 is 2.41 bits per heavy atom. The van der Waals surface area contributed by atoms with Crippen LogP contribution in [0.3, 0.4) is 0 Å². The quantitative estimate of drug-likeness (QED) is 0.819. The topological polar surface area (TPSA) is 57.6 Å². The van der Waals surface area contributed by atoms with Crippen LogP contribution in [0.1, 0.15) is 34.1 Å². The van der Waals surface area contributed by atoms with E-state index >= 15 is 0 Å². The van der Waals surface area contributed by atoms with Crippen molar-refractivity contribution in [1.82, 2.24) is 4.90 Å². The fraction of sp³-hybridized carbons (Fsp3) is 1.00. The normalized spacial score (nSPS) is 27.6. The molecule has 17 heavy (non-hydrogen) atoms. The molecule has 1 fully saturated rings. The second-order valence-corrected chi connectivity index (χ2v) is 8.85. The first-order chi connectivity index (χ1) is 7.69. The van der Waals surface area contributed by atoms with Crippen molar-refractivity contribution in [3.63, 3.8) is 0 Å². The summed E-state index contributed by atoms with van der Waals surface area (Å²) in [5, 5.41) is 9.31. The van der Waals surface area contributed by atoms with Gasteiger partial charge in [0, 0.05) is 12.6 Å². The summed E-state index contributed by atoms with van der Waals surface area (Å²) in [6, 6.07) is 0.130. The standard InChI is InChI=1S/C12H25NO3S/c1-10-5-6-13(11(10)9-14)7-8-17(15,16)12(2,3)4/h10-11,14H,5-9H2,1-4H3. The maximum absolute atomic E-state index is 12.0.